The molecule has 0 aliphatic rings. The highest BCUT2D eigenvalue weighted by Crippen LogP contribution is 2.13. The molecule has 35 valence electrons. The standard InChI is InChI=1S/C3H2F3/c1-2-3(4,5)6/h1-2H. The molecule has 0 unspecified atom stereocenters. The van der Waals surface area contributed by atoms with Crippen LogP contribution in [0.5, 0.6) is 0 Å². The summed E-state index contributed by atoms with van der Waals surface area (Å²) in [5, 5.41) is 0. The Morgan fingerprint density at radius 1 is 1.33 bits per heavy atom. The van der Waals surface area contributed by atoms with E-state index in [0.717, 1.165) is 0 Å². The van der Waals surface area contributed by atoms with Crippen LogP contribution in [-0.4, -0.2) is 6.18 Å². The molecule has 0 amide bonds. The van der Waals surface area contributed by atoms with Crippen LogP contribution >= 0.6 is 0 Å². The van der Waals surface area contributed by atoms with E-state index in [1.807, 2.05) is 0 Å². The smallest absolute Gasteiger partial charge is 0.167 e. The van der Waals surface area contributed by atoms with Crippen LogP contribution in [0.2, 0.25) is 0 Å². The van der Waals surface area contributed by atoms with Crippen LogP contribution in [0.25, 0.3) is 0 Å². The lowest BCUT2D eigenvalue weighted by Gasteiger charge is -1.91. The minimum absolute atomic E-state index is 0.312. The van der Waals surface area contributed by atoms with Crippen molar-refractivity contribution in [3.8, 4) is 0 Å². The van der Waals surface area contributed by atoms with Gasteiger partial charge in [0.05, 0.1) is 0 Å². The van der Waals surface area contributed by atoms with Gasteiger partial charge >= 0.3 is 6.18 Å². The SMILES string of the molecule is [CH]=CC(F)(F)F. The van der Waals surface area contributed by atoms with Crippen molar-refractivity contribution in [3.05, 3.63) is 12.7 Å². The average molecular weight is 95.0 g/mol. The first kappa shape index (κ1) is 5.53. The third-order valence-electron chi connectivity index (χ3n) is 0.189. The molecule has 1 radical (unpaired) electrons. The van der Waals surface area contributed by atoms with Crippen LogP contribution in [0.1, 0.15) is 0 Å². The zero-order valence-electron chi connectivity index (χ0n) is 2.79. The molecule has 0 bridgehead atoms. The van der Waals surface area contributed by atoms with Gasteiger partial charge in [0.25, 0.3) is 0 Å². The van der Waals surface area contributed by atoms with Crippen molar-refractivity contribution in [3.63, 3.8) is 0 Å². The summed E-state index contributed by atoms with van der Waals surface area (Å²) in [6, 6.07) is 0. The molecule has 0 aromatic rings. The maximum atomic E-state index is 10.6. The maximum absolute atomic E-state index is 10.6. The fourth-order valence-electron chi connectivity index (χ4n) is 0. The first-order valence-corrected chi connectivity index (χ1v) is 1.19. The van der Waals surface area contributed by atoms with Gasteiger partial charge in [-0.25, -0.2) is 0 Å². The maximum Gasteiger partial charge on any atom is 0.409 e. The minimum Gasteiger partial charge on any atom is -0.167 e. The molecule has 0 fully saturated rings. The summed E-state index contributed by atoms with van der Waals surface area (Å²) < 4.78 is 31.8. The molecule has 0 N–H and O–H groups in total. The van der Waals surface area contributed by atoms with E-state index < -0.39 is 6.18 Å². The molecule has 0 heterocycles. The number of allylic oxidation sites excluding steroid dienone is 1. The monoisotopic (exact) mass is 95.0 g/mol. The van der Waals surface area contributed by atoms with Crippen LogP contribution in [0.3, 0.4) is 0 Å². The van der Waals surface area contributed by atoms with E-state index >= 15 is 0 Å². The van der Waals surface area contributed by atoms with E-state index in [2.05, 4.69) is 6.58 Å². The molecule has 0 spiro atoms. The third kappa shape index (κ3) is 3.53. The van der Waals surface area contributed by atoms with Crippen LogP contribution in [0.15, 0.2) is 6.08 Å². The molecular formula is C3H2F3. The molecule has 0 atom stereocenters. The van der Waals surface area contributed by atoms with Crippen LogP contribution in [-0.2, 0) is 0 Å². The van der Waals surface area contributed by atoms with E-state index in [-0.39, 0.29) is 6.08 Å². The molecular weight excluding hydrogens is 93.0 g/mol. The Labute approximate surface area is 33.3 Å². The van der Waals surface area contributed by atoms with Crippen LogP contribution in [0, 0.1) is 6.58 Å². The van der Waals surface area contributed by atoms with Gasteiger partial charge in [0.1, 0.15) is 0 Å². The van der Waals surface area contributed by atoms with Crippen LogP contribution < -0.4 is 0 Å². The summed E-state index contributed by atoms with van der Waals surface area (Å²) in [5.74, 6) is 0. The Balaban J connectivity index is 3.45. The van der Waals surface area contributed by atoms with Gasteiger partial charge < -0.3 is 0 Å². The summed E-state index contributed by atoms with van der Waals surface area (Å²) in [6.45, 7) is 4.06. The van der Waals surface area contributed by atoms with Gasteiger partial charge in [-0.05, 0) is 0 Å². The van der Waals surface area contributed by atoms with Crippen molar-refractivity contribution in [2.24, 2.45) is 0 Å². The second kappa shape index (κ2) is 1.32. The van der Waals surface area contributed by atoms with E-state index in [4.69, 9.17) is 0 Å². The zero-order chi connectivity index (χ0) is 5.21. The molecule has 0 saturated heterocycles. The Morgan fingerprint density at radius 3 is 1.50 bits per heavy atom. The van der Waals surface area contributed by atoms with E-state index in [9.17, 15) is 13.2 Å². The summed E-state index contributed by atoms with van der Waals surface area (Å²) in [7, 11) is 0. The van der Waals surface area contributed by atoms with Crippen molar-refractivity contribution >= 4 is 0 Å². The average Bonchev–Trinajstić information content (AvgIpc) is 1.35. The Morgan fingerprint density at radius 2 is 1.50 bits per heavy atom. The first-order valence-electron chi connectivity index (χ1n) is 1.19. The second-order valence-corrected chi connectivity index (χ2v) is 0.708. The van der Waals surface area contributed by atoms with Crippen molar-refractivity contribution in [1.29, 1.82) is 0 Å². The summed E-state index contributed by atoms with van der Waals surface area (Å²) in [5.41, 5.74) is 0. The Bertz CT molecular complexity index is 51.5. The van der Waals surface area contributed by atoms with Crippen molar-refractivity contribution < 1.29 is 13.2 Å². The lowest BCUT2D eigenvalue weighted by atomic mass is 10.6. The predicted molar refractivity (Wildman–Crippen MR) is 14.9 cm³/mol. The molecule has 0 aromatic carbocycles. The molecule has 0 aromatic heterocycles. The van der Waals surface area contributed by atoms with E-state index in [0.29, 0.717) is 0 Å². The lowest BCUT2D eigenvalue weighted by Crippen LogP contribution is -1.98. The second-order valence-electron chi connectivity index (χ2n) is 0.708. The van der Waals surface area contributed by atoms with Crippen molar-refractivity contribution in [1.82, 2.24) is 0 Å². The minimum atomic E-state index is -4.31. The van der Waals surface area contributed by atoms with Gasteiger partial charge in [-0.15, -0.1) is 0 Å². The highest BCUT2D eigenvalue weighted by Gasteiger charge is 2.19. The number of rotatable bonds is 0. The highest BCUT2D eigenvalue weighted by atomic mass is 19.4. The quantitative estimate of drug-likeness (QED) is 0.428. The van der Waals surface area contributed by atoms with Crippen molar-refractivity contribution in [2.75, 3.05) is 0 Å². The van der Waals surface area contributed by atoms with Gasteiger partial charge in [0.15, 0.2) is 0 Å². The van der Waals surface area contributed by atoms with Gasteiger partial charge in [-0.1, -0.05) is 6.58 Å². The number of hydrogen-bond donors (Lipinski definition) is 0. The number of alkyl halides is 3. The molecule has 0 rings (SSSR count). The topological polar surface area (TPSA) is 0 Å². The summed E-state index contributed by atoms with van der Waals surface area (Å²) in [4.78, 5) is 0. The third-order valence-corrected chi connectivity index (χ3v) is 0.189. The first-order chi connectivity index (χ1) is 2.56. The van der Waals surface area contributed by atoms with Crippen LogP contribution in [0.4, 0.5) is 13.2 Å². The normalized spacial score (nSPS) is 11.2. The fourth-order valence-corrected chi connectivity index (χ4v) is 0. The highest BCUT2D eigenvalue weighted by molar-refractivity contribution is 4.72. The molecule has 6 heavy (non-hydrogen) atoms. The zero-order valence-corrected chi connectivity index (χ0v) is 2.79. The molecule has 0 aliphatic carbocycles. The molecule has 0 nitrogen and oxygen atoms in total. The van der Waals surface area contributed by atoms with Crippen molar-refractivity contribution in [2.45, 2.75) is 6.18 Å². The van der Waals surface area contributed by atoms with Gasteiger partial charge in [-0.3, -0.25) is 0 Å². The Hall–Kier alpha value is -0.470. The lowest BCUT2D eigenvalue weighted by molar-refractivity contribution is -0.0798. The van der Waals surface area contributed by atoms with Gasteiger partial charge in [-0.2, -0.15) is 13.2 Å². The fraction of sp³-hybridized carbons (Fsp3) is 0.333. The summed E-state index contributed by atoms with van der Waals surface area (Å²) in [6.07, 6.45) is -4.62. The van der Waals surface area contributed by atoms with E-state index in [1.165, 1.54) is 0 Å². The van der Waals surface area contributed by atoms with Gasteiger partial charge in [0.2, 0.25) is 0 Å². The Kier molecular flexibility index (Phi) is 1.22. The van der Waals surface area contributed by atoms with Gasteiger partial charge in [0, 0.05) is 6.08 Å². The van der Waals surface area contributed by atoms with E-state index in [1.54, 1.807) is 0 Å². The molecule has 0 saturated carbocycles. The number of halogens is 3. The molecule has 0 aliphatic heterocycles. The molecule has 3 heteroatoms. The number of hydrogen-bond acceptors (Lipinski definition) is 0. The summed E-state index contributed by atoms with van der Waals surface area (Å²) >= 11 is 0. The largest absolute Gasteiger partial charge is 0.409 e. The predicted octanol–water partition coefficient (Wildman–Crippen LogP) is 1.54.